The summed E-state index contributed by atoms with van der Waals surface area (Å²) >= 11 is 0. The molecule has 1 fully saturated rings. The van der Waals surface area contributed by atoms with Gasteiger partial charge in [0.25, 0.3) is 0 Å². The lowest BCUT2D eigenvalue weighted by molar-refractivity contribution is 0.207. The number of pyridine rings is 1. The summed E-state index contributed by atoms with van der Waals surface area (Å²) in [5.74, 6) is 1.65. The van der Waals surface area contributed by atoms with Crippen LogP contribution in [0.15, 0.2) is 59.8 Å². The number of aryl methyl sites for hydroxylation is 1. The van der Waals surface area contributed by atoms with Crippen LogP contribution in [0.5, 0.6) is 11.6 Å². The molecular formula is C22H24N4O2. The van der Waals surface area contributed by atoms with Gasteiger partial charge in [0.1, 0.15) is 5.75 Å². The van der Waals surface area contributed by atoms with Crippen LogP contribution in [0.1, 0.15) is 11.3 Å². The Balaban J connectivity index is 1.67. The van der Waals surface area contributed by atoms with Crippen molar-refractivity contribution in [2.45, 2.75) is 6.92 Å². The molecule has 6 nitrogen and oxygen atoms in total. The van der Waals surface area contributed by atoms with E-state index >= 15 is 0 Å². The second kappa shape index (κ2) is 7.86. The van der Waals surface area contributed by atoms with Crippen LogP contribution in [-0.4, -0.2) is 59.1 Å². The van der Waals surface area contributed by atoms with Crippen molar-refractivity contribution < 1.29 is 9.94 Å². The molecule has 0 unspecified atom stereocenters. The number of piperazine rings is 1. The van der Waals surface area contributed by atoms with E-state index in [1.165, 1.54) is 0 Å². The molecule has 0 bridgehead atoms. The summed E-state index contributed by atoms with van der Waals surface area (Å²) < 4.78 is 6.15. The van der Waals surface area contributed by atoms with Crippen LogP contribution in [0.4, 0.5) is 0 Å². The minimum absolute atomic E-state index is 0.446. The summed E-state index contributed by atoms with van der Waals surface area (Å²) in [6, 6.07) is 17.9. The molecular weight excluding hydrogens is 352 g/mol. The number of hydrogen-bond donors (Lipinski definition) is 1. The highest BCUT2D eigenvalue weighted by atomic mass is 16.5. The third kappa shape index (κ3) is 3.77. The van der Waals surface area contributed by atoms with E-state index < -0.39 is 0 Å². The van der Waals surface area contributed by atoms with Crippen molar-refractivity contribution >= 4 is 16.6 Å². The molecule has 0 amide bonds. The zero-order valence-corrected chi connectivity index (χ0v) is 16.2. The molecule has 1 saturated heterocycles. The predicted molar refractivity (Wildman–Crippen MR) is 110 cm³/mol. The Labute approximate surface area is 164 Å². The summed E-state index contributed by atoms with van der Waals surface area (Å²) in [7, 11) is 2.09. The molecule has 4 rings (SSSR count). The van der Waals surface area contributed by atoms with Crippen LogP contribution in [0.25, 0.3) is 10.8 Å². The number of ether oxygens (including phenoxy) is 1. The standard InChI is InChI=1S/C22H24N4O2/c1-16-7-10-20(21(24-27)26-13-11-25(2)12-14-26)22(23-16)28-19-9-8-17-5-3-4-6-18(17)15-19/h3-10,15,27H,11-14H2,1-2H3/b24-21-. The lowest BCUT2D eigenvalue weighted by atomic mass is 10.1. The minimum Gasteiger partial charge on any atom is -0.438 e. The monoisotopic (exact) mass is 376 g/mol. The fourth-order valence-electron chi connectivity index (χ4n) is 3.43. The number of oxime groups is 1. The fourth-order valence-corrected chi connectivity index (χ4v) is 3.43. The van der Waals surface area contributed by atoms with Crippen molar-refractivity contribution in [2.24, 2.45) is 5.16 Å². The average Bonchev–Trinajstić information content (AvgIpc) is 2.71. The Kier molecular flexibility index (Phi) is 5.12. The van der Waals surface area contributed by atoms with E-state index in [-0.39, 0.29) is 0 Å². The number of nitrogens with zero attached hydrogens (tertiary/aromatic N) is 4. The quantitative estimate of drug-likeness (QED) is 0.327. The first-order valence-corrected chi connectivity index (χ1v) is 9.44. The normalized spacial score (nSPS) is 15.8. The lowest BCUT2D eigenvalue weighted by Crippen LogP contribution is -2.47. The SMILES string of the molecule is Cc1ccc(/C(=N/O)N2CCN(C)CC2)c(Oc2ccc3ccccc3c2)n1. The van der Waals surface area contributed by atoms with Crippen molar-refractivity contribution in [2.75, 3.05) is 33.2 Å². The van der Waals surface area contributed by atoms with E-state index in [0.717, 1.165) is 42.6 Å². The smallest absolute Gasteiger partial charge is 0.230 e. The fraction of sp³-hybridized carbons (Fsp3) is 0.273. The van der Waals surface area contributed by atoms with Crippen molar-refractivity contribution in [1.29, 1.82) is 0 Å². The van der Waals surface area contributed by atoms with E-state index in [2.05, 4.69) is 39.1 Å². The number of benzene rings is 2. The maximum Gasteiger partial charge on any atom is 0.230 e. The molecule has 0 saturated carbocycles. The summed E-state index contributed by atoms with van der Waals surface area (Å²) in [5, 5.41) is 15.6. The van der Waals surface area contributed by atoms with Gasteiger partial charge in [-0.1, -0.05) is 35.5 Å². The average molecular weight is 376 g/mol. The van der Waals surface area contributed by atoms with Crippen molar-refractivity contribution in [3.05, 3.63) is 65.9 Å². The van der Waals surface area contributed by atoms with Crippen molar-refractivity contribution in [3.8, 4) is 11.6 Å². The first-order chi connectivity index (χ1) is 13.6. The summed E-state index contributed by atoms with van der Waals surface area (Å²) in [6.45, 7) is 5.33. The van der Waals surface area contributed by atoms with Gasteiger partial charge in [-0.2, -0.15) is 0 Å². The van der Waals surface area contributed by atoms with Crippen molar-refractivity contribution in [1.82, 2.24) is 14.8 Å². The first-order valence-electron chi connectivity index (χ1n) is 9.44. The Morgan fingerprint density at radius 3 is 2.50 bits per heavy atom. The van der Waals surface area contributed by atoms with E-state index in [1.54, 1.807) is 0 Å². The summed E-state index contributed by atoms with van der Waals surface area (Å²) in [5.41, 5.74) is 1.53. The van der Waals surface area contributed by atoms with E-state index in [1.807, 2.05) is 49.4 Å². The molecule has 1 aliphatic rings. The van der Waals surface area contributed by atoms with Gasteiger partial charge < -0.3 is 19.7 Å². The first kappa shape index (κ1) is 18.3. The van der Waals surface area contributed by atoms with Gasteiger partial charge in [-0.3, -0.25) is 0 Å². The number of rotatable bonds is 3. The molecule has 1 aromatic heterocycles. The van der Waals surface area contributed by atoms with Gasteiger partial charge in [0.15, 0.2) is 5.84 Å². The molecule has 2 heterocycles. The Hall–Kier alpha value is -3.12. The van der Waals surface area contributed by atoms with E-state index in [9.17, 15) is 5.21 Å². The molecule has 2 aromatic carbocycles. The van der Waals surface area contributed by atoms with Crippen LogP contribution >= 0.6 is 0 Å². The molecule has 0 spiro atoms. The van der Waals surface area contributed by atoms with Crippen molar-refractivity contribution in [3.63, 3.8) is 0 Å². The largest absolute Gasteiger partial charge is 0.438 e. The van der Waals surface area contributed by atoms with Crippen LogP contribution in [0.3, 0.4) is 0 Å². The second-order valence-electron chi connectivity index (χ2n) is 7.13. The van der Waals surface area contributed by atoms with E-state index in [4.69, 9.17) is 4.74 Å². The zero-order valence-electron chi connectivity index (χ0n) is 16.2. The van der Waals surface area contributed by atoms with Crippen LogP contribution < -0.4 is 4.74 Å². The summed E-state index contributed by atoms with van der Waals surface area (Å²) in [4.78, 5) is 8.90. The number of fused-ring (bicyclic) bond motifs is 1. The molecule has 1 aliphatic heterocycles. The van der Waals surface area contributed by atoms with E-state index in [0.29, 0.717) is 23.0 Å². The highest BCUT2D eigenvalue weighted by Gasteiger charge is 2.23. The number of aromatic nitrogens is 1. The molecule has 0 atom stereocenters. The molecule has 0 radical (unpaired) electrons. The molecule has 1 N–H and O–H groups in total. The number of amidine groups is 1. The molecule has 6 heteroatoms. The van der Waals surface area contributed by atoms with Gasteiger partial charge in [0.05, 0.1) is 5.56 Å². The van der Waals surface area contributed by atoms with Crippen LogP contribution in [0.2, 0.25) is 0 Å². The Morgan fingerprint density at radius 2 is 1.75 bits per heavy atom. The maximum absolute atomic E-state index is 9.75. The zero-order chi connectivity index (χ0) is 19.5. The minimum atomic E-state index is 0.446. The van der Waals surface area contributed by atoms with Gasteiger partial charge in [0.2, 0.25) is 5.88 Å². The number of hydrogen-bond acceptors (Lipinski definition) is 5. The molecule has 0 aliphatic carbocycles. The third-order valence-corrected chi connectivity index (χ3v) is 5.07. The van der Waals surface area contributed by atoms with Gasteiger partial charge in [-0.25, -0.2) is 4.98 Å². The molecule has 28 heavy (non-hydrogen) atoms. The lowest BCUT2D eigenvalue weighted by Gasteiger charge is -2.34. The molecule has 144 valence electrons. The second-order valence-corrected chi connectivity index (χ2v) is 7.13. The third-order valence-electron chi connectivity index (χ3n) is 5.07. The van der Waals surface area contributed by atoms with Gasteiger partial charge in [-0.15, -0.1) is 0 Å². The topological polar surface area (TPSA) is 61.2 Å². The summed E-state index contributed by atoms with van der Waals surface area (Å²) in [6.07, 6.45) is 0. The highest BCUT2D eigenvalue weighted by molar-refractivity contribution is 6.00. The van der Waals surface area contributed by atoms with Crippen LogP contribution in [-0.2, 0) is 0 Å². The molecule has 3 aromatic rings. The highest BCUT2D eigenvalue weighted by Crippen LogP contribution is 2.28. The maximum atomic E-state index is 9.75. The predicted octanol–water partition coefficient (Wildman–Crippen LogP) is 3.72. The van der Waals surface area contributed by atoms with Gasteiger partial charge in [-0.05, 0) is 49.0 Å². The van der Waals surface area contributed by atoms with Gasteiger partial charge >= 0.3 is 0 Å². The Bertz CT molecular complexity index is 1010. The number of likely N-dealkylation sites (N-methyl/N-ethyl adjacent to an activating group) is 1. The van der Waals surface area contributed by atoms with Crippen LogP contribution in [0, 0.1) is 6.92 Å². The Morgan fingerprint density at radius 1 is 1.00 bits per heavy atom. The van der Waals surface area contributed by atoms with Gasteiger partial charge in [0, 0.05) is 31.9 Å².